The SMILES string of the molecule is CN1CC(Oc2ccc(-c3cn[nH]c3N)cc2Cl)C1. The lowest BCUT2D eigenvalue weighted by Gasteiger charge is -2.36. The number of nitrogen functional groups attached to an aromatic ring is 1. The van der Waals surface area contributed by atoms with Crippen molar-refractivity contribution in [1.82, 2.24) is 15.1 Å². The Hall–Kier alpha value is -1.72. The molecule has 1 aromatic carbocycles. The standard InChI is InChI=1S/C13H15ClN4O/c1-18-6-9(7-18)19-12-3-2-8(4-11(12)14)10-5-16-17-13(10)15/h2-5,9H,6-7H2,1H3,(H3,15,16,17). The molecular weight excluding hydrogens is 264 g/mol. The topological polar surface area (TPSA) is 67.2 Å². The molecule has 19 heavy (non-hydrogen) atoms. The summed E-state index contributed by atoms with van der Waals surface area (Å²) < 4.78 is 5.83. The molecule has 100 valence electrons. The first-order chi connectivity index (χ1) is 9.13. The van der Waals surface area contributed by atoms with E-state index in [1.54, 1.807) is 6.20 Å². The zero-order valence-corrected chi connectivity index (χ0v) is 11.3. The van der Waals surface area contributed by atoms with E-state index in [1.807, 2.05) is 18.2 Å². The Morgan fingerprint density at radius 2 is 2.26 bits per heavy atom. The average molecular weight is 279 g/mol. The third-order valence-electron chi connectivity index (χ3n) is 3.24. The molecule has 0 atom stereocenters. The summed E-state index contributed by atoms with van der Waals surface area (Å²) in [7, 11) is 2.06. The maximum atomic E-state index is 6.25. The van der Waals surface area contributed by atoms with Gasteiger partial charge in [-0.25, -0.2) is 0 Å². The third kappa shape index (κ3) is 2.39. The molecule has 0 bridgehead atoms. The number of rotatable bonds is 3. The van der Waals surface area contributed by atoms with Crippen LogP contribution >= 0.6 is 11.6 Å². The molecule has 3 N–H and O–H groups in total. The van der Waals surface area contributed by atoms with E-state index in [9.17, 15) is 0 Å². The molecule has 6 heteroatoms. The van der Waals surface area contributed by atoms with Gasteiger partial charge in [-0.2, -0.15) is 5.10 Å². The van der Waals surface area contributed by atoms with Crippen LogP contribution in [-0.4, -0.2) is 41.3 Å². The van der Waals surface area contributed by atoms with Crippen LogP contribution < -0.4 is 10.5 Å². The Morgan fingerprint density at radius 1 is 1.47 bits per heavy atom. The molecule has 0 aliphatic carbocycles. The zero-order valence-electron chi connectivity index (χ0n) is 10.6. The van der Waals surface area contributed by atoms with E-state index in [4.69, 9.17) is 22.1 Å². The van der Waals surface area contributed by atoms with E-state index in [-0.39, 0.29) is 6.10 Å². The molecule has 3 rings (SSSR count). The van der Waals surface area contributed by atoms with Gasteiger partial charge in [0.15, 0.2) is 0 Å². The molecule has 2 heterocycles. The fourth-order valence-corrected chi connectivity index (χ4v) is 2.41. The number of nitrogens with zero attached hydrogens (tertiary/aromatic N) is 2. The molecule has 0 amide bonds. The van der Waals surface area contributed by atoms with Crippen molar-refractivity contribution in [3.8, 4) is 16.9 Å². The van der Waals surface area contributed by atoms with Crippen LogP contribution in [0.25, 0.3) is 11.1 Å². The van der Waals surface area contributed by atoms with Gasteiger partial charge >= 0.3 is 0 Å². The van der Waals surface area contributed by atoms with Crippen molar-refractivity contribution in [3.63, 3.8) is 0 Å². The van der Waals surface area contributed by atoms with E-state index in [0.717, 1.165) is 24.2 Å². The van der Waals surface area contributed by atoms with Gasteiger partial charge < -0.3 is 10.5 Å². The highest BCUT2D eigenvalue weighted by atomic mass is 35.5. The Balaban J connectivity index is 1.80. The normalized spacial score (nSPS) is 16.3. The number of benzene rings is 1. The molecule has 1 aliphatic heterocycles. The van der Waals surface area contributed by atoms with Gasteiger partial charge in [-0.3, -0.25) is 10.00 Å². The minimum Gasteiger partial charge on any atom is -0.486 e. The van der Waals surface area contributed by atoms with Gasteiger partial charge in [0.05, 0.1) is 11.2 Å². The Labute approximate surface area is 116 Å². The summed E-state index contributed by atoms with van der Waals surface area (Å²) in [6.45, 7) is 1.87. The van der Waals surface area contributed by atoms with Gasteiger partial charge in [0.1, 0.15) is 17.7 Å². The van der Waals surface area contributed by atoms with E-state index in [0.29, 0.717) is 16.6 Å². The second-order valence-corrected chi connectivity index (χ2v) is 5.21. The zero-order chi connectivity index (χ0) is 13.4. The Morgan fingerprint density at radius 3 is 2.84 bits per heavy atom. The number of hydrogen-bond acceptors (Lipinski definition) is 4. The number of halogens is 1. The summed E-state index contributed by atoms with van der Waals surface area (Å²) >= 11 is 6.25. The predicted molar refractivity (Wildman–Crippen MR) is 75.4 cm³/mol. The fraction of sp³-hybridized carbons (Fsp3) is 0.308. The van der Waals surface area contributed by atoms with Gasteiger partial charge in [0, 0.05) is 18.7 Å². The third-order valence-corrected chi connectivity index (χ3v) is 3.53. The molecule has 5 nitrogen and oxygen atoms in total. The highest BCUT2D eigenvalue weighted by Crippen LogP contribution is 2.33. The molecule has 1 aromatic heterocycles. The van der Waals surface area contributed by atoms with Crippen molar-refractivity contribution in [1.29, 1.82) is 0 Å². The average Bonchev–Trinajstić information content (AvgIpc) is 2.76. The summed E-state index contributed by atoms with van der Waals surface area (Å²) in [6, 6.07) is 5.66. The van der Waals surface area contributed by atoms with Gasteiger partial charge in [0.25, 0.3) is 0 Å². The summed E-state index contributed by atoms with van der Waals surface area (Å²) in [5.74, 6) is 1.25. The van der Waals surface area contributed by atoms with Crippen LogP contribution in [0.1, 0.15) is 0 Å². The van der Waals surface area contributed by atoms with Crippen molar-refractivity contribution in [3.05, 3.63) is 29.4 Å². The van der Waals surface area contributed by atoms with Crippen LogP contribution in [0.3, 0.4) is 0 Å². The fourth-order valence-electron chi connectivity index (χ4n) is 2.19. The van der Waals surface area contributed by atoms with Crippen LogP contribution in [0, 0.1) is 0 Å². The molecular formula is C13H15ClN4O. The number of ether oxygens (including phenoxy) is 1. The minimum absolute atomic E-state index is 0.229. The van der Waals surface area contributed by atoms with Crippen LogP contribution in [0.5, 0.6) is 5.75 Å². The van der Waals surface area contributed by atoms with E-state index in [1.165, 1.54) is 0 Å². The van der Waals surface area contributed by atoms with Gasteiger partial charge in [-0.1, -0.05) is 17.7 Å². The lowest BCUT2D eigenvalue weighted by Crippen LogP contribution is -2.51. The number of aromatic nitrogens is 2. The molecule has 0 saturated carbocycles. The molecule has 1 aliphatic rings. The maximum absolute atomic E-state index is 6.25. The summed E-state index contributed by atoms with van der Waals surface area (Å²) in [5, 5.41) is 7.19. The first-order valence-corrected chi connectivity index (χ1v) is 6.45. The number of H-pyrrole nitrogens is 1. The van der Waals surface area contributed by atoms with E-state index < -0.39 is 0 Å². The summed E-state index contributed by atoms with van der Waals surface area (Å²) in [6.07, 6.45) is 1.91. The summed E-state index contributed by atoms with van der Waals surface area (Å²) in [5.41, 5.74) is 7.56. The largest absolute Gasteiger partial charge is 0.486 e. The number of nitrogens with two attached hydrogens (primary N) is 1. The number of anilines is 1. The number of likely N-dealkylation sites (N-methyl/N-ethyl adjacent to an activating group) is 1. The van der Waals surface area contributed by atoms with Gasteiger partial charge in [-0.05, 0) is 24.7 Å². The Kier molecular flexibility index (Phi) is 3.08. The van der Waals surface area contributed by atoms with Crippen LogP contribution in [0.2, 0.25) is 5.02 Å². The van der Waals surface area contributed by atoms with Gasteiger partial charge in [0.2, 0.25) is 0 Å². The van der Waals surface area contributed by atoms with Crippen molar-refractivity contribution in [2.24, 2.45) is 0 Å². The Bertz CT molecular complexity index is 592. The van der Waals surface area contributed by atoms with Crippen molar-refractivity contribution in [2.75, 3.05) is 25.9 Å². The number of aromatic amines is 1. The highest BCUT2D eigenvalue weighted by Gasteiger charge is 2.25. The van der Waals surface area contributed by atoms with Crippen molar-refractivity contribution >= 4 is 17.4 Å². The van der Waals surface area contributed by atoms with Crippen molar-refractivity contribution in [2.45, 2.75) is 6.10 Å². The second kappa shape index (κ2) is 4.75. The number of nitrogens with one attached hydrogen (secondary N) is 1. The number of hydrogen-bond donors (Lipinski definition) is 2. The first kappa shape index (κ1) is 12.3. The van der Waals surface area contributed by atoms with Crippen LogP contribution in [-0.2, 0) is 0 Å². The molecule has 0 spiro atoms. The highest BCUT2D eigenvalue weighted by molar-refractivity contribution is 6.32. The molecule has 1 fully saturated rings. The molecule has 2 aromatic rings. The lowest BCUT2D eigenvalue weighted by molar-refractivity contribution is 0.0389. The smallest absolute Gasteiger partial charge is 0.138 e. The lowest BCUT2D eigenvalue weighted by atomic mass is 10.1. The first-order valence-electron chi connectivity index (χ1n) is 6.07. The maximum Gasteiger partial charge on any atom is 0.138 e. The molecule has 1 saturated heterocycles. The second-order valence-electron chi connectivity index (χ2n) is 4.80. The summed E-state index contributed by atoms with van der Waals surface area (Å²) in [4.78, 5) is 2.19. The van der Waals surface area contributed by atoms with Crippen LogP contribution in [0.15, 0.2) is 24.4 Å². The van der Waals surface area contributed by atoms with E-state index in [2.05, 4.69) is 22.1 Å². The van der Waals surface area contributed by atoms with E-state index >= 15 is 0 Å². The predicted octanol–water partition coefficient (Wildman–Crippen LogP) is 2.01. The minimum atomic E-state index is 0.229. The van der Waals surface area contributed by atoms with Crippen molar-refractivity contribution < 1.29 is 4.74 Å². The molecule has 0 unspecified atom stereocenters. The quantitative estimate of drug-likeness (QED) is 0.901. The van der Waals surface area contributed by atoms with Gasteiger partial charge in [-0.15, -0.1) is 0 Å². The van der Waals surface area contributed by atoms with Crippen LogP contribution in [0.4, 0.5) is 5.82 Å². The molecule has 0 radical (unpaired) electrons. The number of likely N-dealkylation sites (tertiary alicyclic amines) is 1. The monoisotopic (exact) mass is 278 g/mol.